The summed E-state index contributed by atoms with van der Waals surface area (Å²) in [6.07, 6.45) is 3.66. The van der Waals surface area contributed by atoms with Crippen LogP contribution < -0.4 is 10.2 Å². The number of nitrogens with one attached hydrogen (secondary N) is 1. The van der Waals surface area contributed by atoms with Crippen LogP contribution in [0.1, 0.15) is 24.0 Å². The van der Waals surface area contributed by atoms with Crippen LogP contribution >= 0.6 is 0 Å². The topological polar surface area (TPSA) is 15.3 Å². The maximum absolute atomic E-state index is 3.43. The third-order valence-electron chi connectivity index (χ3n) is 4.97. The molecule has 21 heavy (non-hydrogen) atoms. The summed E-state index contributed by atoms with van der Waals surface area (Å²) in [7, 11) is 2.08. The first-order valence-electron chi connectivity index (χ1n) is 7.98. The van der Waals surface area contributed by atoms with E-state index in [9.17, 15) is 0 Å². The van der Waals surface area contributed by atoms with Crippen LogP contribution in [0.3, 0.4) is 0 Å². The second kappa shape index (κ2) is 5.19. The number of likely N-dealkylation sites (N-methyl/N-ethyl adjacent to an activating group) is 1. The van der Waals surface area contributed by atoms with Gasteiger partial charge in [-0.25, -0.2) is 0 Å². The molecular weight excluding hydrogens is 256 g/mol. The molecule has 1 fully saturated rings. The zero-order valence-corrected chi connectivity index (χ0v) is 12.6. The Morgan fingerprint density at radius 2 is 1.90 bits per heavy atom. The lowest BCUT2D eigenvalue weighted by atomic mass is 10.0. The fourth-order valence-corrected chi connectivity index (χ4v) is 3.78. The lowest BCUT2D eigenvalue weighted by Gasteiger charge is -2.34. The van der Waals surface area contributed by atoms with Crippen molar-refractivity contribution in [2.24, 2.45) is 0 Å². The molecule has 2 nitrogen and oxygen atoms in total. The minimum atomic E-state index is 0.629. The quantitative estimate of drug-likeness (QED) is 0.772. The average molecular weight is 278 g/mol. The van der Waals surface area contributed by atoms with E-state index < -0.39 is 0 Å². The first-order valence-corrected chi connectivity index (χ1v) is 7.98. The van der Waals surface area contributed by atoms with Crippen LogP contribution in [0.25, 0.3) is 11.1 Å². The van der Waals surface area contributed by atoms with Crippen molar-refractivity contribution in [3.8, 4) is 11.1 Å². The molecule has 0 radical (unpaired) electrons. The predicted molar refractivity (Wildman–Crippen MR) is 89.0 cm³/mol. The van der Waals surface area contributed by atoms with Gasteiger partial charge in [0, 0.05) is 24.8 Å². The third kappa shape index (κ3) is 2.24. The zero-order chi connectivity index (χ0) is 14.2. The Bertz CT molecular complexity index is 662. The smallest absolute Gasteiger partial charge is 0.0370 e. The molecular formula is C19H22N2. The normalized spacial score (nSPS) is 20.2. The maximum Gasteiger partial charge on any atom is 0.0370 e. The minimum Gasteiger partial charge on any atom is -0.370 e. The molecule has 1 aliphatic heterocycles. The zero-order valence-electron chi connectivity index (χ0n) is 12.6. The molecule has 0 bridgehead atoms. The SMILES string of the molecule is CNC1CCCN(c2ccc3c(c2)Cc2ccccc2-3)C1. The molecule has 0 amide bonds. The minimum absolute atomic E-state index is 0.629. The van der Waals surface area contributed by atoms with Gasteiger partial charge in [0.15, 0.2) is 0 Å². The van der Waals surface area contributed by atoms with E-state index in [1.165, 1.54) is 47.3 Å². The van der Waals surface area contributed by atoms with Crippen LogP contribution in [0.2, 0.25) is 0 Å². The highest BCUT2D eigenvalue weighted by atomic mass is 15.2. The van der Waals surface area contributed by atoms with Gasteiger partial charge in [-0.05, 0) is 60.7 Å². The molecule has 0 saturated carbocycles. The highest BCUT2D eigenvalue weighted by molar-refractivity contribution is 5.78. The van der Waals surface area contributed by atoms with E-state index in [0.717, 1.165) is 13.0 Å². The maximum atomic E-state index is 3.43. The van der Waals surface area contributed by atoms with Crippen LogP contribution in [0.15, 0.2) is 42.5 Å². The van der Waals surface area contributed by atoms with Crippen LogP contribution in [0, 0.1) is 0 Å². The van der Waals surface area contributed by atoms with Crippen molar-refractivity contribution in [2.75, 3.05) is 25.0 Å². The predicted octanol–water partition coefficient (Wildman–Crippen LogP) is 3.45. The Labute approximate surface area is 126 Å². The lowest BCUT2D eigenvalue weighted by Crippen LogP contribution is -2.44. The molecule has 1 unspecified atom stereocenters. The van der Waals surface area contributed by atoms with E-state index >= 15 is 0 Å². The molecule has 2 heteroatoms. The summed E-state index contributed by atoms with van der Waals surface area (Å²) in [5, 5.41) is 3.43. The number of hydrogen-bond acceptors (Lipinski definition) is 2. The van der Waals surface area contributed by atoms with E-state index in [2.05, 4.69) is 59.7 Å². The highest BCUT2D eigenvalue weighted by Gasteiger charge is 2.22. The van der Waals surface area contributed by atoms with Crippen LogP contribution in [-0.4, -0.2) is 26.2 Å². The molecule has 4 rings (SSSR count). The summed E-state index contributed by atoms with van der Waals surface area (Å²) < 4.78 is 0. The number of nitrogens with zero attached hydrogens (tertiary/aromatic N) is 1. The van der Waals surface area contributed by atoms with Crippen molar-refractivity contribution in [3.05, 3.63) is 53.6 Å². The Kier molecular flexibility index (Phi) is 3.19. The Balaban J connectivity index is 1.64. The summed E-state index contributed by atoms with van der Waals surface area (Å²) in [6, 6.07) is 16.5. The molecule has 2 aromatic rings. The summed E-state index contributed by atoms with van der Waals surface area (Å²) in [6.45, 7) is 2.31. The van der Waals surface area contributed by atoms with E-state index in [1.807, 2.05) is 0 Å². The lowest BCUT2D eigenvalue weighted by molar-refractivity contribution is 0.449. The molecule has 0 aromatic heterocycles. The van der Waals surface area contributed by atoms with Gasteiger partial charge in [-0.2, -0.15) is 0 Å². The Morgan fingerprint density at radius 1 is 1.05 bits per heavy atom. The summed E-state index contributed by atoms with van der Waals surface area (Å²) in [4.78, 5) is 2.54. The third-order valence-corrected chi connectivity index (χ3v) is 4.97. The van der Waals surface area contributed by atoms with Gasteiger partial charge in [-0.15, -0.1) is 0 Å². The van der Waals surface area contributed by atoms with E-state index in [0.29, 0.717) is 6.04 Å². The van der Waals surface area contributed by atoms with Crippen molar-refractivity contribution in [1.29, 1.82) is 0 Å². The van der Waals surface area contributed by atoms with Crippen LogP contribution in [-0.2, 0) is 6.42 Å². The molecule has 0 spiro atoms. The van der Waals surface area contributed by atoms with Gasteiger partial charge in [0.2, 0.25) is 0 Å². The van der Waals surface area contributed by atoms with Crippen molar-refractivity contribution in [1.82, 2.24) is 5.32 Å². The van der Waals surface area contributed by atoms with E-state index in [-0.39, 0.29) is 0 Å². The molecule has 1 atom stereocenters. The van der Waals surface area contributed by atoms with E-state index in [4.69, 9.17) is 0 Å². The van der Waals surface area contributed by atoms with E-state index in [1.54, 1.807) is 0 Å². The first kappa shape index (κ1) is 12.9. The van der Waals surface area contributed by atoms with Gasteiger partial charge >= 0.3 is 0 Å². The second-order valence-corrected chi connectivity index (χ2v) is 6.25. The number of hydrogen-bond donors (Lipinski definition) is 1. The standard InChI is InChI=1S/C19H22N2/c1-20-16-6-4-10-21(13-16)17-8-9-19-15(12-17)11-14-5-2-3-7-18(14)19/h2-3,5,7-9,12,16,20H,4,6,10-11,13H2,1H3. The summed E-state index contributed by atoms with van der Waals surface area (Å²) >= 11 is 0. The van der Waals surface area contributed by atoms with Crippen molar-refractivity contribution in [3.63, 3.8) is 0 Å². The van der Waals surface area contributed by atoms with Crippen LogP contribution in [0.5, 0.6) is 0 Å². The van der Waals surface area contributed by atoms with Gasteiger partial charge in [-0.3, -0.25) is 0 Å². The molecule has 2 aliphatic rings. The molecule has 1 heterocycles. The largest absolute Gasteiger partial charge is 0.370 e. The number of fused-ring (bicyclic) bond motifs is 3. The Hall–Kier alpha value is -1.80. The van der Waals surface area contributed by atoms with Gasteiger partial charge in [0.1, 0.15) is 0 Å². The number of piperidine rings is 1. The average Bonchev–Trinajstić information content (AvgIpc) is 2.92. The molecule has 1 saturated heterocycles. The second-order valence-electron chi connectivity index (χ2n) is 6.25. The molecule has 108 valence electrons. The fourth-order valence-electron chi connectivity index (χ4n) is 3.78. The number of benzene rings is 2. The van der Waals surface area contributed by atoms with Gasteiger partial charge < -0.3 is 10.2 Å². The molecule has 2 aromatic carbocycles. The Morgan fingerprint density at radius 3 is 2.81 bits per heavy atom. The van der Waals surface area contributed by atoms with Gasteiger partial charge in [0.25, 0.3) is 0 Å². The molecule has 1 N–H and O–H groups in total. The van der Waals surface area contributed by atoms with Crippen molar-refractivity contribution in [2.45, 2.75) is 25.3 Å². The highest BCUT2D eigenvalue weighted by Crippen LogP contribution is 2.38. The summed E-state index contributed by atoms with van der Waals surface area (Å²) in [5.74, 6) is 0. The summed E-state index contributed by atoms with van der Waals surface area (Å²) in [5.41, 5.74) is 7.19. The van der Waals surface area contributed by atoms with Gasteiger partial charge in [-0.1, -0.05) is 30.3 Å². The van der Waals surface area contributed by atoms with Crippen molar-refractivity contribution >= 4 is 5.69 Å². The number of rotatable bonds is 2. The molecule has 1 aliphatic carbocycles. The van der Waals surface area contributed by atoms with Crippen LogP contribution in [0.4, 0.5) is 5.69 Å². The monoisotopic (exact) mass is 278 g/mol. The van der Waals surface area contributed by atoms with Gasteiger partial charge in [0.05, 0.1) is 0 Å². The first-order chi connectivity index (χ1) is 10.3. The van der Waals surface area contributed by atoms with Crippen molar-refractivity contribution < 1.29 is 0 Å². The fraction of sp³-hybridized carbons (Fsp3) is 0.368. The number of anilines is 1.